The lowest BCUT2D eigenvalue weighted by molar-refractivity contribution is 0.0724. The van der Waals surface area contributed by atoms with Gasteiger partial charge in [-0.25, -0.2) is 0 Å². The Morgan fingerprint density at radius 2 is 1.81 bits per heavy atom. The highest BCUT2D eigenvalue weighted by molar-refractivity contribution is 9.10. The third kappa shape index (κ3) is 5.58. The van der Waals surface area contributed by atoms with Crippen LogP contribution in [0.5, 0.6) is 0 Å². The Labute approximate surface area is 164 Å². The zero-order valence-electron chi connectivity index (χ0n) is 15.0. The van der Waals surface area contributed by atoms with Crippen LogP contribution in [0.25, 0.3) is 0 Å². The largest absolute Gasteiger partial charge is 0.384 e. The van der Waals surface area contributed by atoms with Crippen LogP contribution in [-0.2, 0) is 6.54 Å². The first-order valence-electron chi connectivity index (χ1n) is 9.31. The second-order valence-electron chi connectivity index (χ2n) is 6.67. The van der Waals surface area contributed by atoms with E-state index >= 15 is 0 Å². The van der Waals surface area contributed by atoms with Crippen molar-refractivity contribution in [1.82, 2.24) is 10.2 Å². The average Bonchev–Trinajstić information content (AvgIpc) is 2.68. The van der Waals surface area contributed by atoms with Crippen molar-refractivity contribution in [1.29, 1.82) is 0 Å². The van der Waals surface area contributed by atoms with Gasteiger partial charge in [0, 0.05) is 48.4 Å². The molecule has 2 N–H and O–H groups in total. The maximum Gasteiger partial charge on any atom is 0.253 e. The second-order valence-corrected chi connectivity index (χ2v) is 7.58. The van der Waals surface area contributed by atoms with Crippen molar-refractivity contribution in [2.45, 2.75) is 25.8 Å². The van der Waals surface area contributed by atoms with Gasteiger partial charge in [0.25, 0.3) is 5.91 Å². The summed E-state index contributed by atoms with van der Waals surface area (Å²) in [4.78, 5) is 14.6. The number of carbonyl (C=O) groups is 1. The van der Waals surface area contributed by atoms with Crippen LogP contribution in [0.3, 0.4) is 0 Å². The number of piperidine rings is 1. The van der Waals surface area contributed by atoms with Crippen molar-refractivity contribution in [2.24, 2.45) is 0 Å². The number of nitrogens with one attached hydrogen (secondary N) is 2. The van der Waals surface area contributed by atoms with E-state index in [-0.39, 0.29) is 5.91 Å². The van der Waals surface area contributed by atoms with Gasteiger partial charge in [-0.15, -0.1) is 0 Å². The van der Waals surface area contributed by atoms with Gasteiger partial charge in [-0.2, -0.15) is 0 Å². The highest BCUT2D eigenvalue weighted by Crippen LogP contribution is 2.16. The number of rotatable bonds is 7. The van der Waals surface area contributed by atoms with Gasteiger partial charge in [-0.3, -0.25) is 4.79 Å². The fourth-order valence-electron chi connectivity index (χ4n) is 3.22. The zero-order chi connectivity index (χ0) is 18.2. The molecule has 0 radical (unpaired) electrons. The molecule has 5 heteroatoms. The lowest BCUT2D eigenvalue weighted by atomic mass is 10.1. The normalized spacial score (nSPS) is 14.3. The second kappa shape index (κ2) is 9.74. The quantitative estimate of drug-likeness (QED) is 0.663. The number of benzene rings is 2. The van der Waals surface area contributed by atoms with Crippen LogP contribution in [-0.4, -0.2) is 37.0 Å². The van der Waals surface area contributed by atoms with Crippen LogP contribution in [0.15, 0.2) is 53.0 Å². The molecular formula is C21H26BrN3O. The summed E-state index contributed by atoms with van der Waals surface area (Å²) < 4.78 is 1.07. The van der Waals surface area contributed by atoms with E-state index in [1.54, 1.807) is 0 Å². The number of hydrogen-bond acceptors (Lipinski definition) is 3. The number of carbonyl (C=O) groups excluding carboxylic acids is 1. The minimum Gasteiger partial charge on any atom is -0.384 e. The van der Waals surface area contributed by atoms with Crippen LogP contribution in [0.4, 0.5) is 5.69 Å². The third-order valence-electron chi connectivity index (χ3n) is 4.60. The Balaban J connectivity index is 1.44. The van der Waals surface area contributed by atoms with Crippen LogP contribution in [0, 0.1) is 0 Å². The molecule has 1 amide bonds. The zero-order valence-corrected chi connectivity index (χ0v) is 16.6. The van der Waals surface area contributed by atoms with Crippen molar-refractivity contribution in [3.05, 3.63) is 64.1 Å². The summed E-state index contributed by atoms with van der Waals surface area (Å²) in [6, 6.07) is 16.2. The molecule has 26 heavy (non-hydrogen) atoms. The fraction of sp³-hybridized carbons (Fsp3) is 0.381. The molecule has 138 valence electrons. The summed E-state index contributed by atoms with van der Waals surface area (Å²) in [5, 5.41) is 6.82. The van der Waals surface area contributed by atoms with Gasteiger partial charge < -0.3 is 15.5 Å². The highest BCUT2D eigenvalue weighted by Gasteiger charge is 2.18. The summed E-state index contributed by atoms with van der Waals surface area (Å²) >= 11 is 3.48. The first kappa shape index (κ1) is 18.9. The first-order chi connectivity index (χ1) is 12.7. The van der Waals surface area contributed by atoms with E-state index in [1.807, 2.05) is 35.2 Å². The lowest BCUT2D eigenvalue weighted by Gasteiger charge is -2.26. The molecule has 2 aromatic rings. The van der Waals surface area contributed by atoms with Crippen molar-refractivity contribution >= 4 is 27.5 Å². The van der Waals surface area contributed by atoms with Crippen LogP contribution in [0.2, 0.25) is 0 Å². The Morgan fingerprint density at radius 3 is 2.62 bits per heavy atom. The lowest BCUT2D eigenvalue weighted by Crippen LogP contribution is -2.35. The number of likely N-dealkylation sites (tertiary alicyclic amines) is 1. The summed E-state index contributed by atoms with van der Waals surface area (Å²) in [6.07, 6.45) is 3.48. The number of halogens is 1. The summed E-state index contributed by atoms with van der Waals surface area (Å²) in [5.41, 5.74) is 3.06. The maximum atomic E-state index is 12.6. The minimum atomic E-state index is 0.169. The molecular weight excluding hydrogens is 390 g/mol. The van der Waals surface area contributed by atoms with Gasteiger partial charge in [0.05, 0.1) is 0 Å². The topological polar surface area (TPSA) is 44.4 Å². The number of nitrogens with zero attached hydrogens (tertiary/aromatic N) is 1. The summed E-state index contributed by atoms with van der Waals surface area (Å²) in [7, 11) is 0. The molecule has 1 aliphatic rings. The number of hydrogen-bond donors (Lipinski definition) is 2. The van der Waals surface area contributed by atoms with E-state index in [0.717, 1.165) is 66.9 Å². The van der Waals surface area contributed by atoms with Crippen LogP contribution >= 0.6 is 15.9 Å². The van der Waals surface area contributed by atoms with Gasteiger partial charge in [-0.1, -0.05) is 34.1 Å². The van der Waals surface area contributed by atoms with Crippen LogP contribution in [0.1, 0.15) is 35.2 Å². The van der Waals surface area contributed by atoms with Gasteiger partial charge in [-0.05, 0) is 55.2 Å². The average molecular weight is 416 g/mol. The summed E-state index contributed by atoms with van der Waals surface area (Å²) in [5.74, 6) is 0.169. The molecule has 0 spiro atoms. The molecule has 0 saturated carbocycles. The smallest absolute Gasteiger partial charge is 0.253 e. The maximum absolute atomic E-state index is 12.6. The Bertz CT molecular complexity index is 729. The molecule has 0 atom stereocenters. The van der Waals surface area contributed by atoms with E-state index in [0.29, 0.717) is 0 Å². The molecule has 0 aromatic heterocycles. The molecule has 2 aromatic carbocycles. The molecule has 1 aliphatic heterocycles. The Morgan fingerprint density at radius 1 is 1.00 bits per heavy atom. The van der Waals surface area contributed by atoms with Crippen molar-refractivity contribution in [3.63, 3.8) is 0 Å². The predicted molar refractivity (Wildman–Crippen MR) is 111 cm³/mol. The molecule has 1 fully saturated rings. The molecule has 0 unspecified atom stereocenters. The van der Waals surface area contributed by atoms with Gasteiger partial charge in [0.15, 0.2) is 0 Å². The molecule has 0 bridgehead atoms. The third-order valence-corrected chi connectivity index (χ3v) is 5.10. The van der Waals surface area contributed by atoms with Gasteiger partial charge in [0.2, 0.25) is 0 Å². The SMILES string of the molecule is O=C(c1cccc(CNCCNc2cccc(Br)c2)c1)N1CCCCC1. The number of amides is 1. The van der Waals surface area contributed by atoms with Crippen molar-refractivity contribution < 1.29 is 4.79 Å². The molecule has 1 heterocycles. The van der Waals surface area contributed by atoms with Crippen LogP contribution < -0.4 is 10.6 Å². The van der Waals surface area contributed by atoms with E-state index in [1.165, 1.54) is 6.42 Å². The van der Waals surface area contributed by atoms with Crippen molar-refractivity contribution in [2.75, 3.05) is 31.5 Å². The van der Waals surface area contributed by atoms with E-state index < -0.39 is 0 Å². The standard InChI is InChI=1S/C21H26BrN3O/c22-19-8-5-9-20(15-19)24-11-10-23-16-17-6-4-7-18(14-17)21(26)25-12-2-1-3-13-25/h4-9,14-15,23-24H,1-3,10-13,16H2. The highest BCUT2D eigenvalue weighted by atomic mass is 79.9. The van der Waals surface area contributed by atoms with Crippen molar-refractivity contribution in [3.8, 4) is 0 Å². The number of anilines is 1. The predicted octanol–water partition coefficient (Wildman–Crippen LogP) is 4.28. The van der Waals surface area contributed by atoms with E-state index in [4.69, 9.17) is 0 Å². The Kier molecular flexibility index (Phi) is 7.09. The fourth-order valence-corrected chi connectivity index (χ4v) is 3.62. The van der Waals surface area contributed by atoms with Gasteiger partial charge >= 0.3 is 0 Å². The van der Waals surface area contributed by atoms with E-state index in [2.05, 4.69) is 44.8 Å². The Hall–Kier alpha value is -1.85. The van der Waals surface area contributed by atoms with Gasteiger partial charge in [0.1, 0.15) is 0 Å². The molecule has 1 saturated heterocycles. The monoisotopic (exact) mass is 415 g/mol. The molecule has 4 nitrogen and oxygen atoms in total. The first-order valence-corrected chi connectivity index (χ1v) is 10.1. The minimum absolute atomic E-state index is 0.169. The summed E-state index contributed by atoms with van der Waals surface area (Å²) in [6.45, 7) is 4.26. The molecule has 0 aliphatic carbocycles. The van der Waals surface area contributed by atoms with E-state index in [9.17, 15) is 4.79 Å². The molecule has 3 rings (SSSR count).